The van der Waals surface area contributed by atoms with Crippen LogP contribution < -0.4 is 0 Å². The molecule has 0 aromatic carbocycles. The first-order valence-corrected chi connectivity index (χ1v) is 7.92. The molecule has 1 saturated carbocycles. The average molecular weight is 264 g/mol. The molecule has 2 nitrogen and oxygen atoms in total. The van der Waals surface area contributed by atoms with Gasteiger partial charge in [0.2, 0.25) is 0 Å². The van der Waals surface area contributed by atoms with Gasteiger partial charge in [0, 0.05) is 12.1 Å². The molecule has 0 saturated heterocycles. The second-order valence-electron chi connectivity index (χ2n) is 7.48. The van der Waals surface area contributed by atoms with Crippen LogP contribution in [0.15, 0.2) is 0 Å². The topological polar surface area (TPSA) is 27.0 Å². The molecular formula is C17H32N2. The zero-order valence-electron chi connectivity index (χ0n) is 13.7. The molecule has 1 aliphatic carbocycles. The SMILES string of the molecule is CCCC1CCC(C#N)C(N(C)C(C)C(C)(C)C)C1. The minimum atomic E-state index is 0.225. The monoisotopic (exact) mass is 264 g/mol. The molecule has 0 amide bonds. The summed E-state index contributed by atoms with van der Waals surface area (Å²) in [5, 5.41) is 9.43. The number of nitriles is 1. The second-order valence-corrected chi connectivity index (χ2v) is 7.48. The van der Waals surface area contributed by atoms with Crippen molar-refractivity contribution in [1.82, 2.24) is 4.90 Å². The molecular weight excluding hydrogens is 232 g/mol. The van der Waals surface area contributed by atoms with Gasteiger partial charge in [-0.15, -0.1) is 0 Å². The summed E-state index contributed by atoms with van der Waals surface area (Å²) in [6.07, 6.45) is 6.15. The smallest absolute Gasteiger partial charge is 0.0672 e. The number of hydrogen-bond donors (Lipinski definition) is 0. The van der Waals surface area contributed by atoms with Crippen molar-refractivity contribution in [2.45, 2.75) is 78.8 Å². The number of nitrogens with zero attached hydrogens (tertiary/aromatic N) is 2. The Kier molecular flexibility index (Phi) is 5.86. The fraction of sp³-hybridized carbons (Fsp3) is 0.941. The van der Waals surface area contributed by atoms with Crippen LogP contribution in [0.2, 0.25) is 0 Å². The molecule has 0 aromatic heterocycles. The van der Waals surface area contributed by atoms with Crippen LogP contribution in [0.3, 0.4) is 0 Å². The molecule has 19 heavy (non-hydrogen) atoms. The van der Waals surface area contributed by atoms with Gasteiger partial charge in [-0.25, -0.2) is 0 Å². The van der Waals surface area contributed by atoms with Crippen molar-refractivity contribution >= 4 is 0 Å². The fourth-order valence-electron chi connectivity index (χ4n) is 3.40. The lowest BCUT2D eigenvalue weighted by Gasteiger charge is -2.45. The second kappa shape index (κ2) is 6.75. The first kappa shape index (κ1) is 16.5. The first-order valence-electron chi connectivity index (χ1n) is 7.92. The van der Waals surface area contributed by atoms with Crippen molar-refractivity contribution in [2.75, 3.05) is 7.05 Å². The summed E-state index contributed by atoms with van der Waals surface area (Å²) in [6.45, 7) is 11.5. The summed E-state index contributed by atoms with van der Waals surface area (Å²) in [5.41, 5.74) is 0.270. The zero-order chi connectivity index (χ0) is 14.6. The first-order chi connectivity index (χ1) is 8.81. The summed E-state index contributed by atoms with van der Waals surface area (Å²) in [6, 6.07) is 3.52. The Morgan fingerprint density at radius 1 is 1.32 bits per heavy atom. The van der Waals surface area contributed by atoms with Gasteiger partial charge in [-0.1, -0.05) is 40.5 Å². The van der Waals surface area contributed by atoms with Crippen molar-refractivity contribution in [1.29, 1.82) is 5.26 Å². The van der Waals surface area contributed by atoms with E-state index >= 15 is 0 Å². The van der Waals surface area contributed by atoms with E-state index in [4.69, 9.17) is 0 Å². The van der Waals surface area contributed by atoms with Crippen molar-refractivity contribution < 1.29 is 0 Å². The highest BCUT2D eigenvalue weighted by atomic mass is 15.2. The standard InChI is InChI=1S/C17H32N2/c1-7-8-14-9-10-15(12-18)16(11-14)19(6)13(2)17(3,4)5/h13-16H,7-11H2,1-6H3. The molecule has 1 fully saturated rings. The normalized spacial score (nSPS) is 30.1. The maximum absolute atomic E-state index is 9.43. The number of hydrogen-bond acceptors (Lipinski definition) is 2. The highest BCUT2D eigenvalue weighted by molar-refractivity contribution is 4.98. The molecule has 110 valence electrons. The molecule has 4 atom stereocenters. The van der Waals surface area contributed by atoms with Gasteiger partial charge in [0.15, 0.2) is 0 Å². The summed E-state index contributed by atoms with van der Waals surface area (Å²) in [4.78, 5) is 2.48. The fourth-order valence-corrected chi connectivity index (χ4v) is 3.40. The van der Waals surface area contributed by atoms with E-state index in [1.54, 1.807) is 0 Å². The van der Waals surface area contributed by atoms with Gasteiger partial charge in [-0.05, 0) is 44.6 Å². The molecule has 1 rings (SSSR count). The quantitative estimate of drug-likeness (QED) is 0.749. The zero-order valence-corrected chi connectivity index (χ0v) is 13.7. The van der Waals surface area contributed by atoms with E-state index in [9.17, 15) is 5.26 Å². The lowest BCUT2D eigenvalue weighted by atomic mass is 9.75. The highest BCUT2D eigenvalue weighted by Gasteiger charge is 2.37. The Labute approximate surface area is 120 Å². The van der Waals surface area contributed by atoms with Crippen LogP contribution >= 0.6 is 0 Å². The van der Waals surface area contributed by atoms with Gasteiger partial charge in [-0.2, -0.15) is 5.26 Å². The van der Waals surface area contributed by atoms with Crippen molar-refractivity contribution in [2.24, 2.45) is 17.3 Å². The van der Waals surface area contributed by atoms with Crippen LogP contribution in [0.25, 0.3) is 0 Å². The predicted octanol–water partition coefficient (Wildman–Crippen LogP) is 4.46. The predicted molar refractivity (Wildman–Crippen MR) is 81.8 cm³/mol. The molecule has 0 heterocycles. The molecule has 0 bridgehead atoms. The van der Waals surface area contributed by atoms with E-state index in [0.717, 1.165) is 12.3 Å². The lowest BCUT2D eigenvalue weighted by molar-refractivity contribution is 0.0446. The van der Waals surface area contributed by atoms with E-state index in [2.05, 4.69) is 52.6 Å². The van der Waals surface area contributed by atoms with Crippen LogP contribution in [0.1, 0.15) is 66.7 Å². The van der Waals surface area contributed by atoms with Gasteiger partial charge >= 0.3 is 0 Å². The summed E-state index contributed by atoms with van der Waals surface area (Å²) in [5.74, 6) is 1.05. The van der Waals surface area contributed by atoms with Gasteiger partial charge < -0.3 is 0 Å². The van der Waals surface area contributed by atoms with Gasteiger partial charge in [0.05, 0.1) is 12.0 Å². The third-order valence-corrected chi connectivity index (χ3v) is 5.18. The lowest BCUT2D eigenvalue weighted by Crippen LogP contribution is -2.50. The van der Waals surface area contributed by atoms with Crippen molar-refractivity contribution in [3.05, 3.63) is 0 Å². The van der Waals surface area contributed by atoms with Gasteiger partial charge in [-0.3, -0.25) is 4.90 Å². The van der Waals surface area contributed by atoms with Crippen LogP contribution in [-0.4, -0.2) is 24.0 Å². The Bertz CT molecular complexity index is 310. The Balaban J connectivity index is 2.78. The minimum absolute atomic E-state index is 0.225. The highest BCUT2D eigenvalue weighted by Crippen LogP contribution is 2.36. The Morgan fingerprint density at radius 3 is 2.42 bits per heavy atom. The van der Waals surface area contributed by atoms with E-state index in [0.29, 0.717) is 12.1 Å². The Hall–Kier alpha value is -0.550. The summed E-state index contributed by atoms with van der Waals surface area (Å²) in [7, 11) is 2.22. The molecule has 4 unspecified atom stereocenters. The van der Waals surface area contributed by atoms with Gasteiger partial charge in [0.25, 0.3) is 0 Å². The van der Waals surface area contributed by atoms with Crippen molar-refractivity contribution in [3.63, 3.8) is 0 Å². The summed E-state index contributed by atoms with van der Waals surface area (Å²) >= 11 is 0. The molecule has 0 radical (unpaired) electrons. The Morgan fingerprint density at radius 2 is 1.95 bits per heavy atom. The van der Waals surface area contributed by atoms with Gasteiger partial charge in [0.1, 0.15) is 0 Å². The molecule has 0 N–H and O–H groups in total. The minimum Gasteiger partial charge on any atom is -0.299 e. The molecule has 1 aliphatic rings. The maximum Gasteiger partial charge on any atom is 0.0672 e. The largest absolute Gasteiger partial charge is 0.299 e. The van der Waals surface area contributed by atoms with Crippen LogP contribution in [0.4, 0.5) is 0 Å². The molecule has 2 heteroatoms. The third-order valence-electron chi connectivity index (χ3n) is 5.18. The van der Waals surface area contributed by atoms with Crippen LogP contribution in [0, 0.1) is 28.6 Å². The van der Waals surface area contributed by atoms with Crippen LogP contribution in [-0.2, 0) is 0 Å². The maximum atomic E-state index is 9.43. The molecule has 0 aliphatic heterocycles. The molecule has 0 spiro atoms. The molecule has 0 aromatic rings. The van der Waals surface area contributed by atoms with E-state index in [1.807, 2.05) is 0 Å². The van der Waals surface area contributed by atoms with Crippen LogP contribution in [0.5, 0.6) is 0 Å². The van der Waals surface area contributed by atoms with E-state index in [-0.39, 0.29) is 11.3 Å². The van der Waals surface area contributed by atoms with E-state index < -0.39 is 0 Å². The average Bonchev–Trinajstić information content (AvgIpc) is 2.36. The summed E-state index contributed by atoms with van der Waals surface area (Å²) < 4.78 is 0. The van der Waals surface area contributed by atoms with Crippen molar-refractivity contribution in [3.8, 4) is 6.07 Å². The third kappa shape index (κ3) is 4.21. The van der Waals surface area contributed by atoms with E-state index in [1.165, 1.54) is 25.7 Å². The number of rotatable bonds is 4.